The van der Waals surface area contributed by atoms with Crippen LogP contribution in [0.4, 0.5) is 4.39 Å². The average molecular weight is 343 g/mol. The summed E-state index contributed by atoms with van der Waals surface area (Å²) >= 11 is 3.34. The van der Waals surface area contributed by atoms with E-state index in [0.717, 1.165) is 16.8 Å². The fourth-order valence-corrected chi connectivity index (χ4v) is 2.17. The molecule has 2 rings (SSSR count). The van der Waals surface area contributed by atoms with Gasteiger partial charge in [0.2, 0.25) is 0 Å². The van der Waals surface area contributed by atoms with Crippen molar-refractivity contribution in [3.63, 3.8) is 0 Å². The van der Waals surface area contributed by atoms with Gasteiger partial charge in [0.25, 0.3) is 0 Å². The minimum atomic E-state index is -0.248. The molecular formula is C13H16BrFN4O. The maximum absolute atomic E-state index is 13.7. The highest BCUT2D eigenvalue weighted by Crippen LogP contribution is 2.16. The van der Waals surface area contributed by atoms with Gasteiger partial charge in [-0.3, -0.25) is 0 Å². The fourth-order valence-electron chi connectivity index (χ4n) is 1.76. The van der Waals surface area contributed by atoms with E-state index in [0.29, 0.717) is 25.3 Å². The number of nitrogens with zero attached hydrogens (tertiary/aromatic N) is 3. The quantitative estimate of drug-likeness (QED) is 0.781. The van der Waals surface area contributed by atoms with Crippen LogP contribution in [0.1, 0.15) is 11.4 Å². The van der Waals surface area contributed by atoms with E-state index in [2.05, 4.69) is 31.3 Å². The fraction of sp³-hybridized carbons (Fsp3) is 0.385. The monoisotopic (exact) mass is 342 g/mol. The molecule has 0 aliphatic rings. The number of hydrogen-bond donors (Lipinski definition) is 1. The third-order valence-electron chi connectivity index (χ3n) is 2.79. The van der Waals surface area contributed by atoms with Crippen molar-refractivity contribution in [1.29, 1.82) is 0 Å². The number of halogens is 2. The highest BCUT2D eigenvalue weighted by atomic mass is 79.9. The van der Waals surface area contributed by atoms with Crippen molar-refractivity contribution in [2.45, 2.75) is 13.1 Å². The van der Waals surface area contributed by atoms with Gasteiger partial charge in [0, 0.05) is 23.7 Å². The van der Waals surface area contributed by atoms with Crippen LogP contribution in [0.25, 0.3) is 0 Å². The van der Waals surface area contributed by atoms with Gasteiger partial charge < -0.3 is 10.1 Å². The lowest BCUT2D eigenvalue weighted by Crippen LogP contribution is -2.21. The Balaban J connectivity index is 2.02. The lowest BCUT2D eigenvalue weighted by atomic mass is 10.2. The molecule has 0 atom stereocenters. The number of methoxy groups -OCH3 is 1. The van der Waals surface area contributed by atoms with Gasteiger partial charge in [0.15, 0.2) is 0 Å². The highest BCUT2D eigenvalue weighted by molar-refractivity contribution is 9.10. The molecular weight excluding hydrogens is 327 g/mol. The van der Waals surface area contributed by atoms with Crippen LogP contribution in [0.5, 0.6) is 0 Å². The minimum absolute atomic E-state index is 0.248. The van der Waals surface area contributed by atoms with E-state index in [1.165, 1.54) is 12.4 Å². The van der Waals surface area contributed by atoms with E-state index in [1.54, 1.807) is 23.9 Å². The molecule has 2 aromatic rings. The largest absolute Gasteiger partial charge is 0.383 e. The van der Waals surface area contributed by atoms with Crippen LogP contribution in [0.2, 0.25) is 0 Å². The number of aromatic nitrogens is 3. The first kappa shape index (κ1) is 15.1. The molecule has 0 amide bonds. The minimum Gasteiger partial charge on any atom is -0.383 e. The predicted octanol–water partition coefficient (Wildman–Crippen LogP) is 1.96. The molecule has 0 fully saturated rings. The lowest BCUT2D eigenvalue weighted by molar-refractivity contribution is 0.198. The van der Waals surface area contributed by atoms with Crippen molar-refractivity contribution in [3.05, 3.63) is 46.2 Å². The molecule has 0 bridgehead atoms. The second-order valence-corrected chi connectivity index (χ2v) is 5.15. The Morgan fingerprint density at radius 2 is 2.30 bits per heavy atom. The first-order valence-electron chi connectivity index (χ1n) is 6.21. The second kappa shape index (κ2) is 7.47. The smallest absolute Gasteiger partial charge is 0.141 e. The third kappa shape index (κ3) is 4.09. The van der Waals surface area contributed by atoms with Crippen molar-refractivity contribution in [2.24, 2.45) is 0 Å². The van der Waals surface area contributed by atoms with Crippen molar-refractivity contribution in [2.75, 3.05) is 20.3 Å². The molecule has 7 heteroatoms. The number of nitrogens with one attached hydrogen (secondary N) is 1. The number of ether oxygens (including phenoxy) is 1. The normalized spacial score (nSPS) is 10.9. The molecule has 1 N–H and O–H groups in total. The van der Waals surface area contributed by atoms with Gasteiger partial charge in [-0.25, -0.2) is 14.1 Å². The Kier molecular flexibility index (Phi) is 5.63. The van der Waals surface area contributed by atoms with E-state index in [9.17, 15) is 4.39 Å². The summed E-state index contributed by atoms with van der Waals surface area (Å²) in [7, 11) is 1.65. The maximum Gasteiger partial charge on any atom is 0.141 e. The first-order valence-corrected chi connectivity index (χ1v) is 7.00. The Hall–Kier alpha value is -1.31. The second-order valence-electron chi connectivity index (χ2n) is 4.24. The van der Waals surface area contributed by atoms with E-state index >= 15 is 0 Å². The Bertz CT molecular complexity index is 561. The zero-order valence-corrected chi connectivity index (χ0v) is 12.7. The van der Waals surface area contributed by atoms with E-state index in [1.807, 2.05) is 0 Å². The summed E-state index contributed by atoms with van der Waals surface area (Å²) in [6.07, 6.45) is 1.48. The summed E-state index contributed by atoms with van der Waals surface area (Å²) in [5.74, 6) is 0.516. The third-order valence-corrected chi connectivity index (χ3v) is 3.28. The van der Waals surface area contributed by atoms with Gasteiger partial charge in [0.1, 0.15) is 18.0 Å². The summed E-state index contributed by atoms with van der Waals surface area (Å²) in [5.41, 5.74) is 0.572. The van der Waals surface area contributed by atoms with Crippen molar-refractivity contribution < 1.29 is 9.13 Å². The predicted molar refractivity (Wildman–Crippen MR) is 76.8 cm³/mol. The van der Waals surface area contributed by atoms with Crippen LogP contribution in [0.15, 0.2) is 29.0 Å². The first-order chi connectivity index (χ1) is 9.70. The van der Waals surface area contributed by atoms with Crippen molar-refractivity contribution in [1.82, 2.24) is 20.1 Å². The standard InChI is InChI=1S/C13H16BrFN4O/c1-20-5-4-16-7-13-17-9-18-19(13)8-10-6-11(14)2-3-12(10)15/h2-3,6,9,16H,4-5,7-8H2,1H3. The van der Waals surface area contributed by atoms with Crippen LogP contribution in [0, 0.1) is 5.82 Å². The Morgan fingerprint density at radius 1 is 1.45 bits per heavy atom. The number of benzene rings is 1. The van der Waals surface area contributed by atoms with E-state index in [-0.39, 0.29) is 5.82 Å². The molecule has 1 heterocycles. The van der Waals surface area contributed by atoms with Gasteiger partial charge in [-0.2, -0.15) is 5.10 Å². The van der Waals surface area contributed by atoms with Gasteiger partial charge >= 0.3 is 0 Å². The number of rotatable bonds is 7. The Morgan fingerprint density at radius 3 is 3.10 bits per heavy atom. The van der Waals surface area contributed by atoms with Crippen LogP contribution < -0.4 is 5.32 Å². The molecule has 1 aromatic carbocycles. The van der Waals surface area contributed by atoms with Crippen LogP contribution >= 0.6 is 15.9 Å². The van der Waals surface area contributed by atoms with Crippen LogP contribution in [-0.4, -0.2) is 35.0 Å². The van der Waals surface area contributed by atoms with Gasteiger partial charge in [0.05, 0.1) is 19.7 Å². The molecule has 0 radical (unpaired) electrons. The maximum atomic E-state index is 13.7. The summed E-state index contributed by atoms with van der Waals surface area (Å²) in [5, 5.41) is 7.32. The van der Waals surface area contributed by atoms with Crippen LogP contribution in [-0.2, 0) is 17.8 Å². The molecule has 108 valence electrons. The van der Waals surface area contributed by atoms with Crippen molar-refractivity contribution >= 4 is 15.9 Å². The Labute approximate surface area is 125 Å². The summed E-state index contributed by atoms with van der Waals surface area (Å²) in [6.45, 7) is 2.29. The van der Waals surface area contributed by atoms with E-state index < -0.39 is 0 Å². The SMILES string of the molecule is COCCNCc1ncnn1Cc1cc(Br)ccc1F. The van der Waals surface area contributed by atoms with E-state index in [4.69, 9.17) is 4.74 Å². The molecule has 0 spiro atoms. The average Bonchev–Trinajstić information content (AvgIpc) is 2.86. The molecule has 0 unspecified atom stereocenters. The molecule has 20 heavy (non-hydrogen) atoms. The number of hydrogen-bond acceptors (Lipinski definition) is 4. The molecule has 0 aliphatic heterocycles. The molecule has 0 saturated heterocycles. The zero-order chi connectivity index (χ0) is 14.4. The summed E-state index contributed by atoms with van der Waals surface area (Å²) in [4.78, 5) is 4.18. The zero-order valence-electron chi connectivity index (χ0n) is 11.1. The van der Waals surface area contributed by atoms with Gasteiger partial charge in [-0.15, -0.1) is 0 Å². The van der Waals surface area contributed by atoms with Gasteiger partial charge in [-0.1, -0.05) is 15.9 Å². The highest BCUT2D eigenvalue weighted by Gasteiger charge is 2.08. The lowest BCUT2D eigenvalue weighted by Gasteiger charge is -2.08. The topological polar surface area (TPSA) is 52.0 Å². The molecule has 0 aliphatic carbocycles. The molecule has 0 saturated carbocycles. The van der Waals surface area contributed by atoms with Gasteiger partial charge in [-0.05, 0) is 18.2 Å². The summed E-state index contributed by atoms with van der Waals surface area (Å²) in [6, 6.07) is 4.86. The molecule has 1 aromatic heterocycles. The summed E-state index contributed by atoms with van der Waals surface area (Å²) < 4.78 is 21.2. The van der Waals surface area contributed by atoms with Crippen LogP contribution in [0.3, 0.4) is 0 Å². The molecule has 5 nitrogen and oxygen atoms in total. The van der Waals surface area contributed by atoms with Crippen molar-refractivity contribution in [3.8, 4) is 0 Å².